The van der Waals surface area contributed by atoms with Crippen molar-refractivity contribution in [1.82, 2.24) is 24.6 Å². The van der Waals surface area contributed by atoms with Crippen molar-refractivity contribution >= 4 is 17.2 Å². The van der Waals surface area contributed by atoms with Gasteiger partial charge in [-0.1, -0.05) is 0 Å². The molecule has 0 spiro atoms. The van der Waals surface area contributed by atoms with Gasteiger partial charge in [0.15, 0.2) is 11.5 Å². The molecule has 0 aliphatic rings. The van der Waals surface area contributed by atoms with Crippen molar-refractivity contribution in [2.45, 2.75) is 6.92 Å². The van der Waals surface area contributed by atoms with Gasteiger partial charge in [-0.3, -0.25) is 4.98 Å². The summed E-state index contributed by atoms with van der Waals surface area (Å²) in [6.45, 7) is 1.86. The zero-order valence-corrected chi connectivity index (χ0v) is 10.1. The molecule has 0 aliphatic carbocycles. The maximum Gasteiger partial charge on any atom is 0.227 e. The summed E-state index contributed by atoms with van der Waals surface area (Å²) < 4.78 is 14.5. The zero-order valence-electron chi connectivity index (χ0n) is 9.30. The molecule has 3 rings (SSSR count). The fourth-order valence-corrected chi connectivity index (χ4v) is 1.82. The first kappa shape index (κ1) is 11.0. The highest BCUT2D eigenvalue weighted by atomic mass is 35.5. The molecular formula is C11H7ClFN5. The monoisotopic (exact) mass is 263 g/mol. The van der Waals surface area contributed by atoms with Gasteiger partial charge in [-0.25, -0.2) is 9.37 Å². The highest BCUT2D eigenvalue weighted by Gasteiger charge is 2.11. The van der Waals surface area contributed by atoms with Crippen LogP contribution in [-0.4, -0.2) is 24.6 Å². The zero-order chi connectivity index (χ0) is 12.7. The first-order valence-electron chi connectivity index (χ1n) is 5.14. The van der Waals surface area contributed by atoms with E-state index in [0.29, 0.717) is 17.0 Å². The molecule has 18 heavy (non-hydrogen) atoms. The van der Waals surface area contributed by atoms with Crippen LogP contribution in [0.2, 0.25) is 5.28 Å². The average Bonchev–Trinajstić information content (AvgIpc) is 2.72. The van der Waals surface area contributed by atoms with Gasteiger partial charge in [-0.15, -0.1) is 0 Å². The second kappa shape index (κ2) is 3.99. The normalized spacial score (nSPS) is 11.1. The van der Waals surface area contributed by atoms with Gasteiger partial charge in [0.2, 0.25) is 5.28 Å². The molecule has 0 unspecified atom stereocenters. The quantitative estimate of drug-likeness (QED) is 0.676. The third-order valence-electron chi connectivity index (χ3n) is 2.47. The van der Waals surface area contributed by atoms with Crippen LogP contribution in [0, 0.1) is 12.7 Å². The highest BCUT2D eigenvalue weighted by molar-refractivity contribution is 6.28. The molecule has 0 bridgehead atoms. The van der Waals surface area contributed by atoms with Gasteiger partial charge >= 0.3 is 0 Å². The summed E-state index contributed by atoms with van der Waals surface area (Å²) >= 11 is 6.00. The lowest BCUT2D eigenvalue weighted by Gasteiger charge is -2.02. The van der Waals surface area contributed by atoms with Crippen LogP contribution >= 0.6 is 11.6 Å². The Balaban J connectivity index is 2.27. The fraction of sp³-hybridized carbons (Fsp3) is 0.0909. The average molecular weight is 264 g/mol. The Kier molecular flexibility index (Phi) is 2.45. The Morgan fingerprint density at radius 1 is 1.22 bits per heavy atom. The van der Waals surface area contributed by atoms with E-state index in [1.54, 1.807) is 6.20 Å². The van der Waals surface area contributed by atoms with Crippen LogP contribution in [0.4, 0.5) is 4.39 Å². The number of rotatable bonds is 1. The first-order chi connectivity index (χ1) is 8.65. The summed E-state index contributed by atoms with van der Waals surface area (Å²) in [6, 6.07) is 1.31. The minimum atomic E-state index is -0.447. The molecule has 0 saturated heterocycles. The van der Waals surface area contributed by atoms with Gasteiger partial charge in [0.05, 0.1) is 12.4 Å². The molecule has 0 fully saturated rings. The molecular weight excluding hydrogens is 257 g/mol. The van der Waals surface area contributed by atoms with Crippen molar-refractivity contribution in [1.29, 1.82) is 0 Å². The number of hydrogen-bond donors (Lipinski definition) is 0. The Bertz CT molecular complexity index is 739. The van der Waals surface area contributed by atoms with E-state index < -0.39 is 5.82 Å². The van der Waals surface area contributed by atoms with Gasteiger partial charge in [0.25, 0.3) is 0 Å². The SMILES string of the molecule is Cc1cnn2c(Cl)nc(-c3cncc(F)c3)nc12. The van der Waals surface area contributed by atoms with Crippen molar-refractivity contribution in [2.75, 3.05) is 0 Å². The lowest BCUT2D eigenvalue weighted by Crippen LogP contribution is -1.99. The van der Waals surface area contributed by atoms with E-state index in [1.165, 1.54) is 16.8 Å². The van der Waals surface area contributed by atoms with E-state index in [9.17, 15) is 4.39 Å². The molecule has 5 nitrogen and oxygen atoms in total. The first-order valence-corrected chi connectivity index (χ1v) is 5.52. The van der Waals surface area contributed by atoms with Crippen LogP contribution in [0.3, 0.4) is 0 Å². The van der Waals surface area contributed by atoms with E-state index >= 15 is 0 Å². The molecule has 3 aromatic rings. The van der Waals surface area contributed by atoms with E-state index in [2.05, 4.69) is 20.1 Å². The predicted octanol–water partition coefficient (Wildman–Crippen LogP) is 2.29. The van der Waals surface area contributed by atoms with Gasteiger partial charge in [-0.05, 0) is 24.6 Å². The fourth-order valence-electron chi connectivity index (χ4n) is 1.62. The smallest absolute Gasteiger partial charge is 0.227 e. The van der Waals surface area contributed by atoms with Crippen molar-refractivity contribution in [2.24, 2.45) is 0 Å². The third-order valence-corrected chi connectivity index (χ3v) is 2.71. The van der Waals surface area contributed by atoms with Crippen LogP contribution in [0.25, 0.3) is 17.0 Å². The molecule has 0 aliphatic heterocycles. The van der Waals surface area contributed by atoms with Crippen molar-refractivity contribution in [3.8, 4) is 11.4 Å². The number of hydrogen-bond acceptors (Lipinski definition) is 4. The summed E-state index contributed by atoms with van der Waals surface area (Å²) in [5.41, 5.74) is 1.93. The lowest BCUT2D eigenvalue weighted by atomic mass is 10.2. The standard InChI is InChI=1S/C11H7ClFN5/c1-6-3-15-18-10(6)16-9(17-11(18)12)7-2-8(13)5-14-4-7/h2-5H,1H3. The second-order valence-corrected chi connectivity index (χ2v) is 4.11. The molecule has 0 aromatic carbocycles. The summed E-state index contributed by atoms with van der Waals surface area (Å²) in [7, 11) is 0. The molecule has 0 amide bonds. The van der Waals surface area contributed by atoms with Gasteiger partial charge in [-0.2, -0.15) is 14.6 Å². The predicted molar refractivity (Wildman–Crippen MR) is 63.7 cm³/mol. The molecule has 90 valence electrons. The Labute approximate surface area is 106 Å². The second-order valence-electron chi connectivity index (χ2n) is 3.77. The van der Waals surface area contributed by atoms with Crippen LogP contribution < -0.4 is 0 Å². The van der Waals surface area contributed by atoms with E-state index in [-0.39, 0.29) is 5.28 Å². The Morgan fingerprint density at radius 3 is 2.83 bits per heavy atom. The van der Waals surface area contributed by atoms with Gasteiger partial charge in [0.1, 0.15) is 5.82 Å². The molecule has 7 heteroatoms. The van der Waals surface area contributed by atoms with Crippen molar-refractivity contribution in [3.63, 3.8) is 0 Å². The Hall–Kier alpha value is -2.08. The van der Waals surface area contributed by atoms with E-state index in [4.69, 9.17) is 11.6 Å². The van der Waals surface area contributed by atoms with Crippen LogP contribution in [0.15, 0.2) is 24.7 Å². The maximum atomic E-state index is 13.1. The number of aromatic nitrogens is 5. The number of halogens is 2. The summed E-state index contributed by atoms with van der Waals surface area (Å²) in [5.74, 6) is -0.125. The van der Waals surface area contributed by atoms with Crippen LogP contribution in [-0.2, 0) is 0 Å². The van der Waals surface area contributed by atoms with Gasteiger partial charge < -0.3 is 0 Å². The number of aryl methyl sites for hydroxylation is 1. The molecule has 0 radical (unpaired) electrons. The van der Waals surface area contributed by atoms with Crippen LogP contribution in [0.5, 0.6) is 0 Å². The van der Waals surface area contributed by atoms with E-state index in [0.717, 1.165) is 11.8 Å². The van der Waals surface area contributed by atoms with E-state index in [1.807, 2.05) is 6.92 Å². The molecule has 0 saturated carbocycles. The lowest BCUT2D eigenvalue weighted by molar-refractivity contribution is 0.622. The summed E-state index contributed by atoms with van der Waals surface area (Å²) in [4.78, 5) is 12.1. The topological polar surface area (TPSA) is 56.0 Å². The number of pyridine rings is 1. The van der Waals surface area contributed by atoms with Crippen molar-refractivity contribution < 1.29 is 4.39 Å². The summed E-state index contributed by atoms with van der Waals surface area (Å²) in [6.07, 6.45) is 4.24. The molecule has 0 atom stereocenters. The molecule has 3 heterocycles. The van der Waals surface area contributed by atoms with Gasteiger partial charge in [0, 0.05) is 17.3 Å². The maximum absolute atomic E-state index is 13.1. The highest BCUT2D eigenvalue weighted by Crippen LogP contribution is 2.19. The largest absolute Gasteiger partial charge is 0.261 e. The summed E-state index contributed by atoms with van der Waals surface area (Å²) in [5, 5.41) is 4.21. The number of fused-ring (bicyclic) bond motifs is 1. The number of nitrogens with zero attached hydrogens (tertiary/aromatic N) is 5. The third kappa shape index (κ3) is 1.70. The molecule has 3 aromatic heterocycles. The van der Waals surface area contributed by atoms with Crippen molar-refractivity contribution in [3.05, 3.63) is 41.3 Å². The Morgan fingerprint density at radius 2 is 2.06 bits per heavy atom. The van der Waals surface area contributed by atoms with Crippen LogP contribution in [0.1, 0.15) is 5.56 Å². The minimum absolute atomic E-state index is 0.173. The minimum Gasteiger partial charge on any atom is -0.261 e. The molecule has 0 N–H and O–H groups in total.